The minimum atomic E-state index is -0.449. The van der Waals surface area contributed by atoms with Crippen LogP contribution in [0.1, 0.15) is 43.9 Å². The number of nitrogens with one attached hydrogen (secondary N) is 2. The van der Waals surface area contributed by atoms with Gasteiger partial charge in [-0.1, -0.05) is 24.3 Å². The van der Waals surface area contributed by atoms with Gasteiger partial charge in [0, 0.05) is 18.5 Å². The van der Waals surface area contributed by atoms with Gasteiger partial charge in [-0.2, -0.15) is 0 Å². The topological polar surface area (TPSA) is 61.4 Å². The van der Waals surface area contributed by atoms with E-state index in [-0.39, 0.29) is 11.8 Å². The summed E-state index contributed by atoms with van der Waals surface area (Å²) in [5, 5.41) is 15.8. The minimum Gasteiger partial charge on any atom is -0.389 e. The summed E-state index contributed by atoms with van der Waals surface area (Å²) in [5.74, 6) is 0.279. The second kappa shape index (κ2) is 6.86. The van der Waals surface area contributed by atoms with E-state index in [0.717, 1.165) is 30.5 Å². The fraction of sp³-hybridized carbons (Fsp3) is 0.562. The van der Waals surface area contributed by atoms with Gasteiger partial charge in [-0.25, -0.2) is 0 Å². The van der Waals surface area contributed by atoms with Crippen LogP contribution in [0.5, 0.6) is 0 Å². The third-order valence-corrected chi connectivity index (χ3v) is 3.92. The summed E-state index contributed by atoms with van der Waals surface area (Å²) in [5.41, 5.74) is 1.96. The number of hydrogen-bond acceptors (Lipinski definition) is 3. The number of rotatable bonds is 4. The maximum Gasteiger partial charge on any atom is 0.223 e. The van der Waals surface area contributed by atoms with Gasteiger partial charge in [0.2, 0.25) is 5.91 Å². The first-order chi connectivity index (χ1) is 9.56. The zero-order valence-electron chi connectivity index (χ0n) is 12.2. The molecule has 1 aliphatic rings. The van der Waals surface area contributed by atoms with Crippen molar-refractivity contribution >= 4 is 5.91 Å². The van der Waals surface area contributed by atoms with Gasteiger partial charge in [0.25, 0.3) is 0 Å². The second-order valence-corrected chi connectivity index (χ2v) is 5.71. The van der Waals surface area contributed by atoms with Crippen LogP contribution < -0.4 is 10.6 Å². The summed E-state index contributed by atoms with van der Waals surface area (Å²) < 4.78 is 0. The maximum atomic E-state index is 12.1. The Bertz CT molecular complexity index is 442. The highest BCUT2D eigenvalue weighted by atomic mass is 16.3. The molecule has 0 saturated carbocycles. The Morgan fingerprint density at radius 2 is 2.15 bits per heavy atom. The molecular formula is C16H24N2O2. The fourth-order valence-corrected chi connectivity index (χ4v) is 2.62. The van der Waals surface area contributed by atoms with Crippen molar-refractivity contribution in [1.82, 2.24) is 10.6 Å². The van der Waals surface area contributed by atoms with Crippen molar-refractivity contribution in [3.05, 3.63) is 35.4 Å². The molecular weight excluding hydrogens is 252 g/mol. The average molecular weight is 276 g/mol. The van der Waals surface area contributed by atoms with Gasteiger partial charge >= 0.3 is 0 Å². The van der Waals surface area contributed by atoms with Crippen LogP contribution >= 0.6 is 0 Å². The van der Waals surface area contributed by atoms with Gasteiger partial charge in [0.05, 0.1) is 6.10 Å². The summed E-state index contributed by atoms with van der Waals surface area (Å²) in [6.45, 7) is 5.34. The smallest absolute Gasteiger partial charge is 0.223 e. The third-order valence-electron chi connectivity index (χ3n) is 3.92. The molecule has 1 fully saturated rings. The minimum absolute atomic E-state index is 0.128. The standard InChI is InChI=1S/C16H24N2O2/c1-11-9-15(7-8-17-11)16(20)18-10-13-3-5-14(6-4-13)12(2)19/h3-6,11-12,15,17,19H,7-10H2,1-2H3,(H,18,20)/t11-,12?,15-/m0/s1. The van der Waals surface area contributed by atoms with Crippen LogP contribution in [0.25, 0.3) is 0 Å². The van der Waals surface area contributed by atoms with Crippen molar-refractivity contribution in [2.75, 3.05) is 6.54 Å². The van der Waals surface area contributed by atoms with E-state index in [0.29, 0.717) is 12.6 Å². The van der Waals surface area contributed by atoms with Crippen molar-refractivity contribution in [2.45, 2.75) is 45.4 Å². The van der Waals surface area contributed by atoms with Crippen molar-refractivity contribution in [3.8, 4) is 0 Å². The van der Waals surface area contributed by atoms with E-state index in [1.54, 1.807) is 6.92 Å². The Morgan fingerprint density at radius 1 is 1.45 bits per heavy atom. The Morgan fingerprint density at radius 3 is 2.75 bits per heavy atom. The predicted octanol–water partition coefficient (Wildman–Crippen LogP) is 1.74. The summed E-state index contributed by atoms with van der Waals surface area (Å²) in [6, 6.07) is 8.13. The van der Waals surface area contributed by atoms with E-state index in [1.165, 1.54) is 0 Å². The van der Waals surface area contributed by atoms with Gasteiger partial charge in [0.1, 0.15) is 0 Å². The van der Waals surface area contributed by atoms with E-state index >= 15 is 0 Å². The number of aliphatic hydroxyl groups excluding tert-OH is 1. The van der Waals surface area contributed by atoms with Crippen molar-refractivity contribution in [3.63, 3.8) is 0 Å². The molecule has 1 unspecified atom stereocenters. The van der Waals surface area contributed by atoms with Gasteiger partial charge in [-0.3, -0.25) is 4.79 Å². The van der Waals surface area contributed by atoms with E-state index in [1.807, 2.05) is 24.3 Å². The van der Waals surface area contributed by atoms with E-state index in [2.05, 4.69) is 17.6 Å². The molecule has 2 rings (SSSR count). The molecule has 0 aliphatic carbocycles. The first kappa shape index (κ1) is 15.0. The fourth-order valence-electron chi connectivity index (χ4n) is 2.62. The SMILES string of the molecule is CC(O)c1ccc(CNC(=O)[C@H]2CCN[C@@H](C)C2)cc1. The molecule has 1 amide bonds. The lowest BCUT2D eigenvalue weighted by Gasteiger charge is -2.27. The molecule has 0 aromatic heterocycles. The molecule has 3 N–H and O–H groups in total. The molecule has 1 heterocycles. The highest BCUT2D eigenvalue weighted by Crippen LogP contribution is 2.17. The largest absolute Gasteiger partial charge is 0.389 e. The van der Waals surface area contributed by atoms with Gasteiger partial charge < -0.3 is 15.7 Å². The third kappa shape index (κ3) is 4.05. The summed E-state index contributed by atoms with van der Waals surface area (Å²) >= 11 is 0. The zero-order chi connectivity index (χ0) is 14.5. The van der Waals surface area contributed by atoms with Crippen LogP contribution in [0.2, 0.25) is 0 Å². The second-order valence-electron chi connectivity index (χ2n) is 5.71. The van der Waals surface area contributed by atoms with Gasteiger partial charge in [0.15, 0.2) is 0 Å². The molecule has 20 heavy (non-hydrogen) atoms. The Kier molecular flexibility index (Phi) is 5.15. The van der Waals surface area contributed by atoms with E-state index < -0.39 is 6.10 Å². The quantitative estimate of drug-likeness (QED) is 0.785. The summed E-state index contributed by atoms with van der Waals surface area (Å²) in [6.07, 6.45) is 1.37. The number of hydrogen-bond donors (Lipinski definition) is 3. The monoisotopic (exact) mass is 276 g/mol. The molecule has 1 aliphatic heterocycles. The molecule has 4 heteroatoms. The molecule has 1 aromatic rings. The lowest BCUT2D eigenvalue weighted by molar-refractivity contribution is -0.126. The molecule has 110 valence electrons. The number of piperidine rings is 1. The number of benzene rings is 1. The lowest BCUT2D eigenvalue weighted by Crippen LogP contribution is -2.42. The molecule has 0 spiro atoms. The highest BCUT2D eigenvalue weighted by molar-refractivity contribution is 5.78. The highest BCUT2D eigenvalue weighted by Gasteiger charge is 2.24. The Hall–Kier alpha value is -1.39. The summed E-state index contributed by atoms with van der Waals surface area (Å²) in [4.78, 5) is 12.1. The van der Waals surface area contributed by atoms with Crippen LogP contribution in [0.3, 0.4) is 0 Å². The molecule has 3 atom stereocenters. The average Bonchev–Trinajstić information content (AvgIpc) is 2.45. The van der Waals surface area contributed by atoms with Gasteiger partial charge in [-0.15, -0.1) is 0 Å². The molecule has 0 radical (unpaired) electrons. The van der Waals surface area contributed by atoms with Crippen molar-refractivity contribution < 1.29 is 9.90 Å². The zero-order valence-corrected chi connectivity index (χ0v) is 12.2. The van der Waals surface area contributed by atoms with Crippen LogP contribution in [-0.2, 0) is 11.3 Å². The normalized spacial score (nSPS) is 24.1. The number of amides is 1. The van der Waals surface area contributed by atoms with Crippen molar-refractivity contribution in [2.24, 2.45) is 5.92 Å². The number of aliphatic hydroxyl groups is 1. The molecule has 1 saturated heterocycles. The van der Waals surface area contributed by atoms with Crippen LogP contribution in [0.15, 0.2) is 24.3 Å². The number of carbonyl (C=O) groups is 1. The van der Waals surface area contributed by atoms with Gasteiger partial charge in [-0.05, 0) is 44.4 Å². The lowest BCUT2D eigenvalue weighted by atomic mass is 9.92. The van der Waals surface area contributed by atoms with Crippen LogP contribution in [0.4, 0.5) is 0 Å². The molecule has 1 aromatic carbocycles. The van der Waals surface area contributed by atoms with E-state index in [4.69, 9.17) is 0 Å². The number of carbonyl (C=O) groups excluding carboxylic acids is 1. The van der Waals surface area contributed by atoms with Crippen LogP contribution in [0, 0.1) is 5.92 Å². The Labute approximate surface area is 120 Å². The molecule has 0 bridgehead atoms. The Balaban J connectivity index is 1.83. The van der Waals surface area contributed by atoms with Crippen LogP contribution in [-0.4, -0.2) is 23.6 Å². The summed E-state index contributed by atoms with van der Waals surface area (Å²) in [7, 11) is 0. The molecule has 4 nitrogen and oxygen atoms in total. The van der Waals surface area contributed by atoms with Crippen molar-refractivity contribution in [1.29, 1.82) is 0 Å². The first-order valence-electron chi connectivity index (χ1n) is 7.34. The predicted molar refractivity (Wildman–Crippen MR) is 79.1 cm³/mol. The van der Waals surface area contributed by atoms with E-state index in [9.17, 15) is 9.90 Å². The first-order valence-corrected chi connectivity index (χ1v) is 7.34. The maximum absolute atomic E-state index is 12.1.